The molecule has 2 aromatic carbocycles. The Kier molecular flexibility index (Phi) is 5.49. The van der Waals surface area contributed by atoms with Gasteiger partial charge in [-0.3, -0.25) is 14.7 Å². The molecule has 2 amide bonds. The van der Waals surface area contributed by atoms with Crippen molar-refractivity contribution in [2.24, 2.45) is 0 Å². The minimum Gasteiger partial charge on any atom is -0.508 e. The lowest BCUT2D eigenvalue weighted by atomic mass is 10.0. The zero-order valence-corrected chi connectivity index (χ0v) is 19.1. The molecule has 0 aliphatic carbocycles. The number of hydrogen-bond acceptors (Lipinski definition) is 5. The topological polar surface area (TPSA) is 102 Å². The summed E-state index contributed by atoms with van der Waals surface area (Å²) in [4.78, 5) is 34.7. The first kappa shape index (κ1) is 21.6. The fourth-order valence-corrected chi connectivity index (χ4v) is 4.30. The van der Waals surface area contributed by atoms with Crippen LogP contribution in [0.2, 0.25) is 0 Å². The van der Waals surface area contributed by atoms with Gasteiger partial charge in [0.15, 0.2) is 5.65 Å². The minimum absolute atomic E-state index is 0.0151. The lowest BCUT2D eigenvalue weighted by Gasteiger charge is -2.35. The highest BCUT2D eigenvalue weighted by atomic mass is 16.3. The molecule has 2 aromatic heterocycles. The van der Waals surface area contributed by atoms with Crippen LogP contribution in [0.5, 0.6) is 5.75 Å². The number of nitrogens with one attached hydrogen (secondary N) is 1. The molecule has 0 unspecified atom stereocenters. The van der Waals surface area contributed by atoms with Gasteiger partial charge in [-0.25, -0.2) is 4.98 Å². The summed E-state index contributed by atoms with van der Waals surface area (Å²) in [5, 5.41) is 17.5. The Labute approximate surface area is 196 Å². The zero-order chi connectivity index (χ0) is 23.8. The van der Waals surface area contributed by atoms with Gasteiger partial charge in [0.1, 0.15) is 5.75 Å². The molecule has 0 spiro atoms. The van der Waals surface area contributed by atoms with Gasteiger partial charge in [-0.2, -0.15) is 5.10 Å². The quantitative estimate of drug-likeness (QED) is 0.492. The van der Waals surface area contributed by atoms with E-state index in [1.807, 2.05) is 38.1 Å². The molecule has 1 saturated heterocycles. The summed E-state index contributed by atoms with van der Waals surface area (Å²) < 4.78 is 0. The lowest BCUT2D eigenvalue weighted by Crippen LogP contribution is -2.50. The molecule has 3 heterocycles. The second-order valence-corrected chi connectivity index (χ2v) is 8.58. The van der Waals surface area contributed by atoms with E-state index in [1.165, 1.54) is 0 Å². The van der Waals surface area contributed by atoms with Gasteiger partial charge < -0.3 is 14.9 Å². The molecule has 0 bridgehead atoms. The van der Waals surface area contributed by atoms with Crippen LogP contribution in [-0.2, 0) is 0 Å². The van der Waals surface area contributed by atoms with Crippen molar-refractivity contribution < 1.29 is 14.7 Å². The third kappa shape index (κ3) is 3.98. The summed E-state index contributed by atoms with van der Waals surface area (Å²) in [6, 6.07) is 16.0. The molecule has 1 aliphatic rings. The van der Waals surface area contributed by atoms with Crippen molar-refractivity contribution in [2.75, 3.05) is 26.2 Å². The predicted molar refractivity (Wildman–Crippen MR) is 129 cm³/mol. The Balaban J connectivity index is 1.39. The number of aromatic nitrogens is 3. The van der Waals surface area contributed by atoms with E-state index >= 15 is 0 Å². The fourth-order valence-electron chi connectivity index (χ4n) is 4.30. The zero-order valence-electron chi connectivity index (χ0n) is 19.1. The molecule has 0 atom stereocenters. The summed E-state index contributed by atoms with van der Waals surface area (Å²) in [7, 11) is 0. The molecule has 2 N–H and O–H groups in total. The van der Waals surface area contributed by atoms with E-state index in [-0.39, 0.29) is 17.6 Å². The first-order valence-corrected chi connectivity index (χ1v) is 11.2. The molecule has 8 heteroatoms. The summed E-state index contributed by atoms with van der Waals surface area (Å²) >= 11 is 0. The van der Waals surface area contributed by atoms with Crippen molar-refractivity contribution in [3.05, 3.63) is 77.0 Å². The largest absolute Gasteiger partial charge is 0.508 e. The van der Waals surface area contributed by atoms with Crippen molar-refractivity contribution in [1.29, 1.82) is 0 Å². The van der Waals surface area contributed by atoms with Crippen molar-refractivity contribution >= 4 is 22.8 Å². The van der Waals surface area contributed by atoms with Gasteiger partial charge >= 0.3 is 0 Å². The van der Waals surface area contributed by atoms with Crippen molar-refractivity contribution in [1.82, 2.24) is 25.0 Å². The van der Waals surface area contributed by atoms with Crippen molar-refractivity contribution in [3.8, 4) is 17.0 Å². The van der Waals surface area contributed by atoms with E-state index in [9.17, 15) is 14.7 Å². The number of piperazine rings is 1. The number of amides is 2. The van der Waals surface area contributed by atoms with Crippen LogP contribution in [0, 0.1) is 13.8 Å². The van der Waals surface area contributed by atoms with Crippen LogP contribution in [0.15, 0.2) is 54.6 Å². The average Bonchev–Trinajstić information content (AvgIpc) is 3.24. The number of carbonyl (C=O) groups is 2. The second-order valence-electron chi connectivity index (χ2n) is 8.58. The number of benzene rings is 2. The molecule has 8 nitrogen and oxygen atoms in total. The van der Waals surface area contributed by atoms with E-state index in [1.54, 1.807) is 40.1 Å². The first-order valence-electron chi connectivity index (χ1n) is 11.2. The number of fused-ring (bicyclic) bond motifs is 1. The van der Waals surface area contributed by atoms with Gasteiger partial charge in [0.05, 0.1) is 22.3 Å². The van der Waals surface area contributed by atoms with Crippen LogP contribution in [0.25, 0.3) is 22.3 Å². The predicted octanol–water partition coefficient (Wildman–Crippen LogP) is 3.55. The Morgan fingerprint density at radius 2 is 1.50 bits per heavy atom. The average molecular weight is 456 g/mol. The monoisotopic (exact) mass is 455 g/mol. The smallest absolute Gasteiger partial charge is 0.254 e. The second kappa shape index (κ2) is 8.62. The molecule has 5 rings (SSSR count). The number of phenols is 1. The molecule has 0 radical (unpaired) electrons. The van der Waals surface area contributed by atoms with E-state index in [0.717, 1.165) is 11.1 Å². The number of pyridine rings is 1. The molecule has 0 saturated carbocycles. The van der Waals surface area contributed by atoms with Crippen molar-refractivity contribution in [2.45, 2.75) is 13.8 Å². The van der Waals surface area contributed by atoms with Gasteiger partial charge in [-0.05, 0) is 56.3 Å². The van der Waals surface area contributed by atoms with Gasteiger partial charge in [0, 0.05) is 37.3 Å². The highest BCUT2D eigenvalue weighted by Crippen LogP contribution is 2.28. The Bertz CT molecular complexity index is 1370. The summed E-state index contributed by atoms with van der Waals surface area (Å²) in [5.41, 5.74) is 4.95. The highest BCUT2D eigenvalue weighted by Gasteiger charge is 2.28. The van der Waals surface area contributed by atoms with E-state index < -0.39 is 0 Å². The number of hydrogen-bond donors (Lipinski definition) is 2. The Morgan fingerprint density at radius 1 is 0.882 bits per heavy atom. The molecule has 172 valence electrons. The minimum atomic E-state index is -0.112. The normalized spacial score (nSPS) is 13.9. The van der Waals surface area contributed by atoms with Gasteiger partial charge in [0.25, 0.3) is 11.8 Å². The number of phenolic OH excluding ortho intramolecular Hbond substituents is 1. The first-order chi connectivity index (χ1) is 16.4. The number of aromatic hydroxyl groups is 1. The summed E-state index contributed by atoms with van der Waals surface area (Å²) in [5.74, 6) is 0.0367. The fraction of sp³-hybridized carbons (Fsp3) is 0.231. The Morgan fingerprint density at radius 3 is 2.15 bits per heavy atom. The molecule has 4 aromatic rings. The third-order valence-corrected chi connectivity index (χ3v) is 6.26. The van der Waals surface area contributed by atoms with Crippen LogP contribution >= 0.6 is 0 Å². The van der Waals surface area contributed by atoms with Crippen LogP contribution < -0.4 is 0 Å². The van der Waals surface area contributed by atoms with Crippen LogP contribution in [0.1, 0.15) is 32.0 Å². The van der Waals surface area contributed by atoms with E-state index in [4.69, 9.17) is 0 Å². The lowest BCUT2D eigenvalue weighted by molar-refractivity contribution is 0.0536. The highest BCUT2D eigenvalue weighted by molar-refractivity contribution is 6.07. The SMILES string of the molecule is Cc1ccc(C(=O)N2CCN(C(=O)c3cc(-c4ccc(O)cc4)nc4[nH]nc(C)c34)CC2)cc1. The molecule has 1 fully saturated rings. The van der Waals surface area contributed by atoms with Crippen LogP contribution in [0.4, 0.5) is 0 Å². The van der Waals surface area contributed by atoms with Gasteiger partial charge in [-0.15, -0.1) is 0 Å². The number of nitrogens with zero attached hydrogens (tertiary/aromatic N) is 4. The van der Waals surface area contributed by atoms with Crippen LogP contribution in [-0.4, -0.2) is 68.1 Å². The van der Waals surface area contributed by atoms with Gasteiger partial charge in [-0.1, -0.05) is 17.7 Å². The van der Waals surface area contributed by atoms with Crippen LogP contribution in [0.3, 0.4) is 0 Å². The standard InChI is InChI=1S/C26H25N5O3/c1-16-3-5-19(6-4-16)25(33)30-11-13-31(14-12-30)26(34)21-15-22(18-7-9-20(32)10-8-18)27-24-23(21)17(2)28-29-24/h3-10,15,32H,11-14H2,1-2H3,(H,27,28,29). The molecule has 1 aliphatic heterocycles. The Hall–Kier alpha value is -4.20. The van der Waals surface area contributed by atoms with E-state index in [2.05, 4.69) is 15.2 Å². The van der Waals surface area contributed by atoms with Crippen molar-refractivity contribution in [3.63, 3.8) is 0 Å². The van der Waals surface area contributed by atoms with E-state index in [0.29, 0.717) is 59.7 Å². The number of aryl methyl sites for hydroxylation is 2. The number of rotatable bonds is 3. The molecular formula is C26H25N5O3. The number of carbonyl (C=O) groups excluding carboxylic acids is 2. The maximum absolute atomic E-state index is 13.6. The summed E-state index contributed by atoms with van der Waals surface area (Å²) in [6.45, 7) is 5.68. The number of aromatic amines is 1. The third-order valence-electron chi connectivity index (χ3n) is 6.26. The summed E-state index contributed by atoms with van der Waals surface area (Å²) in [6.07, 6.45) is 0. The maximum Gasteiger partial charge on any atom is 0.254 e. The number of H-pyrrole nitrogens is 1. The molecule has 34 heavy (non-hydrogen) atoms. The van der Waals surface area contributed by atoms with Gasteiger partial charge in [0.2, 0.25) is 0 Å². The maximum atomic E-state index is 13.6. The molecular weight excluding hydrogens is 430 g/mol.